The Labute approximate surface area is 182 Å². The van der Waals surface area contributed by atoms with Gasteiger partial charge in [0.05, 0.1) is 35.4 Å². The van der Waals surface area contributed by atoms with Gasteiger partial charge in [0.1, 0.15) is 12.3 Å². The van der Waals surface area contributed by atoms with E-state index in [1.165, 1.54) is 12.8 Å². The molecule has 5 rings (SSSR count). The van der Waals surface area contributed by atoms with E-state index in [1.807, 2.05) is 36.3 Å². The molecule has 2 unspecified atom stereocenters. The number of aromatic amines is 1. The van der Waals surface area contributed by atoms with Crippen molar-refractivity contribution >= 4 is 17.8 Å². The number of carbonyl (C=O) groups excluding carboxylic acids is 1. The number of aromatic nitrogens is 4. The average Bonchev–Trinajstić information content (AvgIpc) is 3.51. The van der Waals surface area contributed by atoms with Gasteiger partial charge >= 0.3 is 0 Å². The maximum absolute atomic E-state index is 12.0. The van der Waals surface area contributed by atoms with E-state index in [4.69, 9.17) is 9.97 Å². The van der Waals surface area contributed by atoms with Crippen molar-refractivity contribution in [3.63, 3.8) is 0 Å². The van der Waals surface area contributed by atoms with E-state index < -0.39 is 0 Å². The first-order chi connectivity index (χ1) is 15.2. The quantitative estimate of drug-likeness (QED) is 0.632. The van der Waals surface area contributed by atoms with Crippen molar-refractivity contribution in [2.45, 2.75) is 57.2 Å². The van der Waals surface area contributed by atoms with Gasteiger partial charge in [-0.15, -0.1) is 0 Å². The maximum atomic E-state index is 12.0. The topological polar surface area (TPSA) is 78.0 Å². The van der Waals surface area contributed by atoms with E-state index in [1.54, 1.807) is 6.20 Å². The number of likely N-dealkylation sites (N-methyl/N-ethyl adjacent to an activating group) is 1. The van der Waals surface area contributed by atoms with E-state index >= 15 is 0 Å². The average molecular weight is 417 g/mol. The summed E-state index contributed by atoms with van der Waals surface area (Å²) in [6.07, 6.45) is 10.4. The summed E-state index contributed by atoms with van der Waals surface area (Å²) in [5.74, 6) is 1.59. The lowest BCUT2D eigenvalue weighted by Crippen LogP contribution is -2.58. The summed E-state index contributed by atoms with van der Waals surface area (Å²) in [5, 5.41) is 7.39. The van der Waals surface area contributed by atoms with E-state index in [0.717, 1.165) is 53.9 Å². The van der Waals surface area contributed by atoms with Crippen LogP contribution in [0.15, 0.2) is 42.7 Å². The van der Waals surface area contributed by atoms with Crippen LogP contribution in [0.25, 0.3) is 22.6 Å². The molecule has 7 heteroatoms. The number of nitrogens with zero attached hydrogens (tertiary/aromatic N) is 5. The third kappa shape index (κ3) is 3.28. The molecule has 2 atom stereocenters. The van der Waals surface area contributed by atoms with Crippen LogP contribution in [0.1, 0.15) is 39.0 Å². The molecule has 7 nitrogen and oxygen atoms in total. The zero-order valence-corrected chi connectivity index (χ0v) is 18.0. The summed E-state index contributed by atoms with van der Waals surface area (Å²) in [6, 6.07) is 10.5. The predicted octanol–water partition coefficient (Wildman–Crippen LogP) is 4.08. The molecule has 0 amide bonds. The van der Waals surface area contributed by atoms with Crippen LogP contribution >= 0.6 is 0 Å². The fourth-order valence-electron chi connectivity index (χ4n) is 5.20. The molecule has 0 saturated heterocycles. The molecule has 1 aliphatic heterocycles. The number of nitrogens with one attached hydrogen (secondary N) is 1. The van der Waals surface area contributed by atoms with E-state index in [-0.39, 0.29) is 12.1 Å². The second-order valence-electron chi connectivity index (χ2n) is 8.49. The number of fused-ring (bicyclic) bond motifs is 1. The van der Waals surface area contributed by atoms with Crippen LogP contribution in [0.5, 0.6) is 0 Å². The molecule has 2 aromatic heterocycles. The van der Waals surface area contributed by atoms with Crippen LogP contribution in [0.3, 0.4) is 0 Å². The van der Waals surface area contributed by atoms with Crippen LogP contribution < -0.4 is 9.80 Å². The van der Waals surface area contributed by atoms with Crippen molar-refractivity contribution in [3.05, 3.63) is 42.7 Å². The minimum atomic E-state index is -0.193. The number of hydrogen-bond donors (Lipinski definition) is 1. The third-order valence-electron chi connectivity index (χ3n) is 6.79. The van der Waals surface area contributed by atoms with Crippen molar-refractivity contribution in [1.82, 2.24) is 20.2 Å². The standard InChI is InChI=1S/C24H28N6O/c1-3-19-21(15-31)29(2)20-14-25-23(27-24(20)30(19)17-11-7-8-12-17)18-13-26-28-22(18)16-9-5-4-6-10-16/h4-6,9-10,13-15,17,19,21H,3,7-8,11-12H2,1-2H3,(H,26,28). The lowest BCUT2D eigenvalue weighted by molar-refractivity contribution is -0.109. The molecule has 0 spiro atoms. The van der Waals surface area contributed by atoms with Gasteiger partial charge < -0.3 is 14.6 Å². The number of rotatable bonds is 5. The highest BCUT2D eigenvalue weighted by Crippen LogP contribution is 2.42. The van der Waals surface area contributed by atoms with Gasteiger partial charge in [0.2, 0.25) is 0 Å². The second-order valence-corrected chi connectivity index (χ2v) is 8.49. The van der Waals surface area contributed by atoms with Crippen molar-refractivity contribution in [1.29, 1.82) is 0 Å². The van der Waals surface area contributed by atoms with Gasteiger partial charge in [-0.25, -0.2) is 9.97 Å². The summed E-state index contributed by atoms with van der Waals surface area (Å²) in [4.78, 5) is 26.3. The number of H-pyrrole nitrogens is 1. The Hall–Kier alpha value is -3.22. The zero-order chi connectivity index (χ0) is 21.4. The van der Waals surface area contributed by atoms with Gasteiger partial charge in [-0.3, -0.25) is 5.10 Å². The highest BCUT2D eigenvalue weighted by molar-refractivity contribution is 5.82. The van der Waals surface area contributed by atoms with Crippen molar-refractivity contribution in [2.24, 2.45) is 0 Å². The first-order valence-corrected chi connectivity index (χ1v) is 11.2. The first kappa shape index (κ1) is 19.7. The highest BCUT2D eigenvalue weighted by Gasteiger charge is 2.41. The number of anilines is 2. The Balaban J connectivity index is 1.63. The fourth-order valence-corrected chi connectivity index (χ4v) is 5.20. The van der Waals surface area contributed by atoms with Gasteiger partial charge in [0, 0.05) is 18.7 Å². The minimum absolute atomic E-state index is 0.110. The Bertz CT molecular complexity index is 1060. The van der Waals surface area contributed by atoms with Crippen LogP contribution in [0.2, 0.25) is 0 Å². The second kappa shape index (κ2) is 8.13. The molecule has 160 valence electrons. The van der Waals surface area contributed by atoms with Crippen LogP contribution in [-0.4, -0.2) is 51.6 Å². The number of aldehydes is 1. The maximum Gasteiger partial charge on any atom is 0.165 e. The minimum Gasteiger partial charge on any atom is -0.359 e. The molecule has 1 aliphatic carbocycles. The Morgan fingerprint density at radius 2 is 1.94 bits per heavy atom. The third-order valence-corrected chi connectivity index (χ3v) is 6.79. The number of hydrogen-bond acceptors (Lipinski definition) is 6. The Morgan fingerprint density at radius 1 is 1.16 bits per heavy atom. The molecule has 2 aliphatic rings. The van der Waals surface area contributed by atoms with Crippen molar-refractivity contribution in [3.8, 4) is 22.6 Å². The monoisotopic (exact) mass is 416 g/mol. The van der Waals surface area contributed by atoms with Gasteiger partial charge in [0.15, 0.2) is 11.6 Å². The van der Waals surface area contributed by atoms with Crippen LogP contribution in [-0.2, 0) is 4.79 Å². The molecular formula is C24H28N6O. The van der Waals surface area contributed by atoms with Crippen LogP contribution in [0, 0.1) is 0 Å². The van der Waals surface area contributed by atoms with Crippen LogP contribution in [0.4, 0.5) is 11.5 Å². The summed E-state index contributed by atoms with van der Waals surface area (Å²) in [5.41, 5.74) is 3.76. The molecule has 1 aromatic carbocycles. The number of benzene rings is 1. The molecule has 1 N–H and O–H groups in total. The lowest BCUT2D eigenvalue weighted by atomic mass is 9.96. The summed E-state index contributed by atoms with van der Waals surface area (Å²) < 4.78 is 0. The molecule has 0 radical (unpaired) electrons. The van der Waals surface area contributed by atoms with Crippen molar-refractivity contribution < 1.29 is 4.79 Å². The largest absolute Gasteiger partial charge is 0.359 e. The summed E-state index contributed by atoms with van der Waals surface area (Å²) in [7, 11) is 1.98. The molecule has 3 aromatic rings. The molecule has 0 bridgehead atoms. The van der Waals surface area contributed by atoms with Gasteiger partial charge in [0.25, 0.3) is 0 Å². The molecule has 3 heterocycles. The van der Waals surface area contributed by atoms with Gasteiger partial charge in [-0.1, -0.05) is 50.1 Å². The van der Waals surface area contributed by atoms with E-state index in [0.29, 0.717) is 11.9 Å². The highest BCUT2D eigenvalue weighted by atomic mass is 16.1. The first-order valence-electron chi connectivity index (χ1n) is 11.2. The molecule has 31 heavy (non-hydrogen) atoms. The summed E-state index contributed by atoms with van der Waals surface area (Å²) in [6.45, 7) is 2.16. The van der Waals surface area contributed by atoms with Gasteiger partial charge in [-0.05, 0) is 19.3 Å². The molecule has 1 saturated carbocycles. The normalized spacial score (nSPS) is 21.4. The Morgan fingerprint density at radius 3 is 2.65 bits per heavy atom. The predicted molar refractivity (Wildman–Crippen MR) is 122 cm³/mol. The smallest absolute Gasteiger partial charge is 0.165 e. The van der Waals surface area contributed by atoms with E-state index in [9.17, 15) is 4.79 Å². The number of carbonyl (C=O) groups is 1. The Kier molecular flexibility index (Phi) is 5.18. The van der Waals surface area contributed by atoms with Gasteiger partial charge in [-0.2, -0.15) is 5.10 Å². The SMILES string of the molecule is CCC1C(C=O)N(C)c2cnc(-c3cn[nH]c3-c3ccccc3)nc2N1C1CCCC1. The fraction of sp³-hybridized carbons (Fsp3) is 0.417. The van der Waals surface area contributed by atoms with Crippen molar-refractivity contribution in [2.75, 3.05) is 16.8 Å². The summed E-state index contributed by atoms with van der Waals surface area (Å²) >= 11 is 0. The molecular weight excluding hydrogens is 388 g/mol. The van der Waals surface area contributed by atoms with E-state index in [2.05, 4.69) is 34.2 Å². The molecule has 1 fully saturated rings. The zero-order valence-electron chi connectivity index (χ0n) is 18.0. The lowest BCUT2D eigenvalue weighted by Gasteiger charge is -2.48.